The van der Waals surface area contributed by atoms with Gasteiger partial charge in [0, 0.05) is 35.0 Å². The van der Waals surface area contributed by atoms with Crippen molar-refractivity contribution in [2.75, 3.05) is 19.3 Å². The molecule has 0 bridgehead atoms. The second-order valence-corrected chi connectivity index (χ2v) is 9.02. The first-order valence-corrected chi connectivity index (χ1v) is 9.69. The number of nitrogens with zero attached hydrogens (tertiary/aromatic N) is 1. The summed E-state index contributed by atoms with van der Waals surface area (Å²) >= 11 is 3.34. The van der Waals surface area contributed by atoms with E-state index in [4.69, 9.17) is 0 Å². The monoisotopic (exact) mass is 320 g/mol. The van der Waals surface area contributed by atoms with E-state index in [0.29, 0.717) is 23.2 Å². The standard InChI is InChI=1S/C12H20N2O2S3/c1-9-10(2)17-7-5-14(9)19(15,16)12-4-6-18-11(12)8-13-3/h4,6,9-10,13H,5,7-8H2,1-3H3. The molecule has 108 valence electrons. The predicted octanol–water partition coefficient (Wildman–Crippen LogP) is 1.98. The van der Waals surface area contributed by atoms with Gasteiger partial charge in [0.1, 0.15) is 0 Å². The summed E-state index contributed by atoms with van der Waals surface area (Å²) in [4.78, 5) is 1.36. The molecule has 2 rings (SSSR count). The number of thiophene rings is 1. The zero-order valence-corrected chi connectivity index (χ0v) is 13.9. The van der Waals surface area contributed by atoms with Gasteiger partial charge in [-0.25, -0.2) is 8.42 Å². The Morgan fingerprint density at radius 1 is 1.47 bits per heavy atom. The number of hydrogen-bond donors (Lipinski definition) is 1. The first-order valence-electron chi connectivity index (χ1n) is 6.33. The fourth-order valence-corrected chi connectivity index (χ4v) is 6.64. The van der Waals surface area contributed by atoms with Crippen molar-refractivity contribution in [2.45, 2.75) is 36.6 Å². The summed E-state index contributed by atoms with van der Waals surface area (Å²) in [5.74, 6) is 0.871. The molecule has 1 aromatic rings. The van der Waals surface area contributed by atoms with Crippen LogP contribution in [0.3, 0.4) is 0 Å². The van der Waals surface area contributed by atoms with Crippen molar-refractivity contribution in [1.29, 1.82) is 0 Å². The van der Waals surface area contributed by atoms with Crippen molar-refractivity contribution in [1.82, 2.24) is 9.62 Å². The van der Waals surface area contributed by atoms with Gasteiger partial charge in [-0.05, 0) is 25.4 Å². The Bertz CT molecular complexity index is 527. The quantitative estimate of drug-likeness (QED) is 0.922. The topological polar surface area (TPSA) is 49.4 Å². The lowest BCUT2D eigenvalue weighted by Crippen LogP contribution is -2.47. The van der Waals surface area contributed by atoms with E-state index in [1.807, 2.05) is 31.1 Å². The summed E-state index contributed by atoms with van der Waals surface area (Å²) < 4.78 is 27.3. The molecule has 4 nitrogen and oxygen atoms in total. The lowest BCUT2D eigenvalue weighted by Gasteiger charge is -2.36. The third kappa shape index (κ3) is 3.00. The molecule has 1 fully saturated rings. The molecule has 1 N–H and O–H groups in total. The van der Waals surface area contributed by atoms with Crippen LogP contribution in [0.2, 0.25) is 0 Å². The van der Waals surface area contributed by atoms with Crippen LogP contribution < -0.4 is 5.32 Å². The van der Waals surface area contributed by atoms with Crippen LogP contribution in [-0.4, -0.2) is 43.4 Å². The van der Waals surface area contributed by atoms with Gasteiger partial charge in [-0.2, -0.15) is 16.1 Å². The first-order chi connectivity index (χ1) is 8.98. The second-order valence-electron chi connectivity index (χ2n) is 4.67. The summed E-state index contributed by atoms with van der Waals surface area (Å²) in [6.07, 6.45) is 0. The van der Waals surface area contributed by atoms with Gasteiger partial charge < -0.3 is 5.32 Å². The van der Waals surface area contributed by atoms with Crippen LogP contribution >= 0.6 is 23.1 Å². The summed E-state index contributed by atoms with van der Waals surface area (Å²) in [6.45, 7) is 5.30. The molecule has 1 aliphatic heterocycles. The van der Waals surface area contributed by atoms with Crippen molar-refractivity contribution in [3.8, 4) is 0 Å². The van der Waals surface area contributed by atoms with Gasteiger partial charge in [0.05, 0.1) is 4.90 Å². The molecule has 2 atom stereocenters. The minimum Gasteiger partial charge on any atom is -0.315 e. The van der Waals surface area contributed by atoms with Crippen LogP contribution in [0.5, 0.6) is 0 Å². The van der Waals surface area contributed by atoms with Gasteiger partial charge >= 0.3 is 0 Å². The Morgan fingerprint density at radius 2 is 2.21 bits per heavy atom. The Kier molecular flexibility index (Phi) is 4.94. The maximum absolute atomic E-state index is 12.8. The molecule has 0 amide bonds. The van der Waals surface area contributed by atoms with Crippen molar-refractivity contribution >= 4 is 33.1 Å². The number of hydrogen-bond acceptors (Lipinski definition) is 5. The smallest absolute Gasteiger partial charge is 0.244 e. The van der Waals surface area contributed by atoms with Crippen molar-refractivity contribution in [3.63, 3.8) is 0 Å². The molecule has 1 aromatic heterocycles. The fraction of sp³-hybridized carbons (Fsp3) is 0.667. The largest absolute Gasteiger partial charge is 0.315 e. The molecule has 2 unspecified atom stereocenters. The molecule has 19 heavy (non-hydrogen) atoms. The molecule has 2 heterocycles. The third-order valence-corrected chi connectivity index (χ3v) is 7.91. The molecular formula is C12H20N2O2S3. The Balaban J connectivity index is 2.33. The number of nitrogens with one attached hydrogen (secondary N) is 1. The molecule has 1 saturated heterocycles. The van der Waals surface area contributed by atoms with E-state index < -0.39 is 10.0 Å². The highest BCUT2D eigenvalue weighted by Crippen LogP contribution is 2.32. The van der Waals surface area contributed by atoms with Gasteiger partial charge in [-0.3, -0.25) is 0 Å². The minimum atomic E-state index is -3.36. The van der Waals surface area contributed by atoms with E-state index in [1.165, 1.54) is 11.3 Å². The van der Waals surface area contributed by atoms with Crippen LogP contribution in [0.15, 0.2) is 16.3 Å². The fourth-order valence-electron chi connectivity index (χ4n) is 2.22. The van der Waals surface area contributed by atoms with E-state index in [1.54, 1.807) is 10.4 Å². The van der Waals surface area contributed by atoms with Gasteiger partial charge in [0.25, 0.3) is 0 Å². The van der Waals surface area contributed by atoms with E-state index >= 15 is 0 Å². The molecule has 0 saturated carbocycles. The van der Waals surface area contributed by atoms with Gasteiger partial charge in [-0.15, -0.1) is 11.3 Å². The Labute approximate surface area is 123 Å². The van der Waals surface area contributed by atoms with E-state index in [9.17, 15) is 8.42 Å². The normalized spacial score (nSPS) is 25.6. The SMILES string of the molecule is CNCc1sccc1S(=O)(=O)N1CCSC(C)C1C. The molecule has 7 heteroatoms. The van der Waals surface area contributed by atoms with Crippen LogP contribution in [0.4, 0.5) is 0 Å². The second kappa shape index (κ2) is 6.13. The highest BCUT2D eigenvalue weighted by atomic mass is 32.2. The summed E-state index contributed by atoms with van der Waals surface area (Å²) in [5, 5.41) is 5.22. The maximum Gasteiger partial charge on any atom is 0.244 e. The average Bonchev–Trinajstić information content (AvgIpc) is 2.82. The average molecular weight is 321 g/mol. The molecular weight excluding hydrogens is 300 g/mol. The molecule has 0 aromatic carbocycles. The van der Waals surface area contributed by atoms with Crippen LogP contribution in [0.1, 0.15) is 18.7 Å². The van der Waals surface area contributed by atoms with Crippen LogP contribution in [-0.2, 0) is 16.6 Å². The van der Waals surface area contributed by atoms with Crippen molar-refractivity contribution < 1.29 is 8.42 Å². The highest BCUT2D eigenvalue weighted by Gasteiger charge is 2.36. The molecule has 0 radical (unpaired) electrons. The Hall–Kier alpha value is -0.0800. The number of thioether (sulfide) groups is 1. The van der Waals surface area contributed by atoms with E-state index in [0.717, 1.165) is 10.6 Å². The van der Waals surface area contributed by atoms with Gasteiger partial charge in [0.2, 0.25) is 10.0 Å². The van der Waals surface area contributed by atoms with E-state index in [2.05, 4.69) is 12.2 Å². The third-order valence-electron chi connectivity index (χ3n) is 3.45. The van der Waals surface area contributed by atoms with Crippen molar-refractivity contribution in [2.24, 2.45) is 0 Å². The zero-order valence-electron chi connectivity index (χ0n) is 11.4. The van der Waals surface area contributed by atoms with E-state index in [-0.39, 0.29) is 6.04 Å². The first kappa shape index (κ1) is 15.3. The summed E-state index contributed by atoms with van der Waals surface area (Å²) in [6, 6.07) is 1.78. The lowest BCUT2D eigenvalue weighted by molar-refractivity contribution is 0.340. The molecule has 1 aliphatic rings. The number of rotatable bonds is 4. The van der Waals surface area contributed by atoms with Gasteiger partial charge in [-0.1, -0.05) is 6.92 Å². The summed E-state index contributed by atoms with van der Waals surface area (Å²) in [7, 11) is -1.53. The minimum absolute atomic E-state index is 0.0473. The maximum atomic E-state index is 12.8. The van der Waals surface area contributed by atoms with Crippen molar-refractivity contribution in [3.05, 3.63) is 16.3 Å². The van der Waals surface area contributed by atoms with Gasteiger partial charge in [0.15, 0.2) is 0 Å². The predicted molar refractivity (Wildman–Crippen MR) is 82.4 cm³/mol. The molecule has 0 spiro atoms. The lowest BCUT2D eigenvalue weighted by atomic mass is 10.2. The zero-order chi connectivity index (χ0) is 14.0. The Morgan fingerprint density at radius 3 is 2.89 bits per heavy atom. The molecule has 0 aliphatic carbocycles. The van der Waals surface area contributed by atoms with Crippen LogP contribution in [0, 0.1) is 0 Å². The summed E-state index contributed by atoms with van der Waals surface area (Å²) in [5.41, 5.74) is 0. The highest BCUT2D eigenvalue weighted by molar-refractivity contribution is 8.00. The number of sulfonamides is 1. The van der Waals surface area contributed by atoms with Crippen LogP contribution in [0.25, 0.3) is 0 Å².